The molecule has 0 bridgehead atoms. The molecular weight excluding hydrogens is 374 g/mol. The quantitative estimate of drug-likeness (QED) is 0.596. The van der Waals surface area contributed by atoms with Gasteiger partial charge in [-0.3, -0.25) is 9.69 Å². The predicted molar refractivity (Wildman–Crippen MR) is 122 cm³/mol. The highest BCUT2D eigenvalue weighted by atomic mass is 16.5. The fourth-order valence-electron chi connectivity index (χ4n) is 4.25. The molecule has 0 atom stereocenters. The van der Waals surface area contributed by atoms with Gasteiger partial charge < -0.3 is 15.0 Å². The number of hydrogen-bond donors (Lipinski definition) is 2. The fourth-order valence-corrected chi connectivity index (χ4v) is 4.25. The lowest BCUT2D eigenvalue weighted by Crippen LogP contribution is -2.32. The van der Waals surface area contributed by atoms with Crippen molar-refractivity contribution in [3.8, 4) is 5.75 Å². The zero-order chi connectivity index (χ0) is 21.1. The number of hydrogen-bond acceptors (Lipinski definition) is 3. The van der Waals surface area contributed by atoms with Gasteiger partial charge in [-0.15, -0.1) is 0 Å². The minimum Gasteiger partial charge on any atom is -0.497 e. The van der Waals surface area contributed by atoms with E-state index in [-0.39, 0.29) is 11.8 Å². The van der Waals surface area contributed by atoms with E-state index in [9.17, 15) is 4.79 Å². The van der Waals surface area contributed by atoms with Crippen molar-refractivity contribution < 1.29 is 9.53 Å². The number of nitrogens with one attached hydrogen (secondary N) is 2. The molecule has 1 fully saturated rings. The van der Waals surface area contributed by atoms with Crippen LogP contribution in [0.15, 0.2) is 48.7 Å². The van der Waals surface area contributed by atoms with E-state index >= 15 is 0 Å². The number of benzene rings is 2. The van der Waals surface area contributed by atoms with E-state index in [0.29, 0.717) is 5.92 Å². The molecule has 3 aromatic rings. The predicted octanol–water partition coefficient (Wildman–Crippen LogP) is 5.15. The monoisotopic (exact) mass is 405 g/mol. The summed E-state index contributed by atoms with van der Waals surface area (Å²) in [5.41, 5.74) is 4.70. The number of H-pyrrole nitrogens is 1. The molecule has 2 aromatic carbocycles. The van der Waals surface area contributed by atoms with E-state index in [2.05, 4.69) is 51.7 Å². The van der Waals surface area contributed by atoms with Crippen LogP contribution in [0, 0.1) is 5.92 Å². The molecule has 158 valence electrons. The zero-order valence-electron chi connectivity index (χ0n) is 18.1. The van der Waals surface area contributed by atoms with E-state index in [4.69, 9.17) is 4.74 Å². The molecule has 2 heterocycles. The molecule has 0 aliphatic carbocycles. The van der Waals surface area contributed by atoms with Crippen molar-refractivity contribution in [1.29, 1.82) is 0 Å². The number of anilines is 1. The highest BCUT2D eigenvalue weighted by molar-refractivity contribution is 5.92. The first kappa shape index (κ1) is 20.5. The van der Waals surface area contributed by atoms with Crippen LogP contribution in [0.1, 0.15) is 43.7 Å². The van der Waals surface area contributed by atoms with Crippen LogP contribution in [-0.2, 0) is 11.3 Å². The maximum atomic E-state index is 12.0. The molecule has 1 aromatic heterocycles. The molecule has 1 saturated heterocycles. The van der Waals surface area contributed by atoms with E-state index in [1.54, 1.807) is 7.11 Å². The van der Waals surface area contributed by atoms with Crippen LogP contribution >= 0.6 is 0 Å². The van der Waals surface area contributed by atoms with Crippen molar-refractivity contribution in [3.05, 3.63) is 59.8 Å². The van der Waals surface area contributed by atoms with Gasteiger partial charge in [-0.1, -0.05) is 26.0 Å². The fraction of sp³-hybridized carbons (Fsp3) is 0.400. The lowest BCUT2D eigenvalue weighted by Gasteiger charge is -2.32. The van der Waals surface area contributed by atoms with Crippen molar-refractivity contribution >= 4 is 22.5 Å². The number of nitrogens with zero attached hydrogens (tertiary/aromatic N) is 1. The standard InChI is InChI=1S/C25H31N3O2/c1-17(2)25(29)27-21-6-4-5-19(13-21)18-9-11-28(12-10-18)16-20-15-26-24-14-22(30-3)7-8-23(20)24/h4-8,13-15,17-18,26H,9-12,16H2,1-3H3,(H,27,29). The van der Waals surface area contributed by atoms with Gasteiger partial charge in [0.15, 0.2) is 0 Å². The van der Waals surface area contributed by atoms with Crippen LogP contribution in [0.4, 0.5) is 5.69 Å². The molecule has 4 rings (SSSR count). The molecule has 0 radical (unpaired) electrons. The number of rotatable bonds is 6. The summed E-state index contributed by atoms with van der Waals surface area (Å²) in [5.74, 6) is 1.48. The summed E-state index contributed by atoms with van der Waals surface area (Å²) >= 11 is 0. The van der Waals surface area contributed by atoms with Gasteiger partial charge in [-0.2, -0.15) is 0 Å². The molecule has 30 heavy (non-hydrogen) atoms. The summed E-state index contributed by atoms with van der Waals surface area (Å²) in [5, 5.41) is 4.29. The highest BCUT2D eigenvalue weighted by Gasteiger charge is 2.22. The normalized spacial score (nSPS) is 15.6. The number of carbonyl (C=O) groups excluding carboxylic acids is 1. The Balaban J connectivity index is 1.37. The topological polar surface area (TPSA) is 57.4 Å². The molecule has 0 spiro atoms. The summed E-state index contributed by atoms with van der Waals surface area (Å²) in [7, 11) is 1.70. The van der Waals surface area contributed by atoms with E-state index < -0.39 is 0 Å². The lowest BCUT2D eigenvalue weighted by molar-refractivity contribution is -0.118. The van der Waals surface area contributed by atoms with Crippen molar-refractivity contribution in [2.45, 2.75) is 39.2 Å². The first-order valence-corrected chi connectivity index (χ1v) is 10.8. The lowest BCUT2D eigenvalue weighted by atomic mass is 9.89. The number of methoxy groups -OCH3 is 1. The summed E-state index contributed by atoms with van der Waals surface area (Å²) in [4.78, 5) is 17.9. The molecule has 1 aliphatic heterocycles. The second kappa shape index (κ2) is 8.92. The number of carbonyl (C=O) groups is 1. The molecule has 2 N–H and O–H groups in total. The number of aromatic amines is 1. The van der Waals surface area contributed by atoms with Crippen LogP contribution in [0.2, 0.25) is 0 Å². The highest BCUT2D eigenvalue weighted by Crippen LogP contribution is 2.31. The Kier molecular flexibility index (Phi) is 6.09. The third kappa shape index (κ3) is 4.51. The third-order valence-electron chi connectivity index (χ3n) is 6.11. The van der Waals surface area contributed by atoms with Gasteiger partial charge in [0, 0.05) is 41.3 Å². The SMILES string of the molecule is COc1ccc2c(CN3CCC(c4cccc(NC(=O)C(C)C)c4)CC3)c[nH]c2c1. The third-order valence-corrected chi connectivity index (χ3v) is 6.11. The Bertz CT molecular complexity index is 1020. The summed E-state index contributed by atoms with van der Waals surface area (Å²) < 4.78 is 5.32. The van der Waals surface area contributed by atoms with Crippen molar-refractivity contribution in [3.63, 3.8) is 0 Å². The Labute approximate surface area is 178 Å². The number of amides is 1. The van der Waals surface area contributed by atoms with Gasteiger partial charge in [-0.25, -0.2) is 0 Å². The Hall–Kier alpha value is -2.79. The molecule has 5 heteroatoms. The molecular formula is C25H31N3O2. The number of piperidine rings is 1. The van der Waals surface area contributed by atoms with Crippen LogP contribution in [0.5, 0.6) is 5.75 Å². The largest absolute Gasteiger partial charge is 0.497 e. The van der Waals surface area contributed by atoms with E-state index in [1.165, 1.54) is 16.5 Å². The minimum atomic E-state index is -0.0116. The first-order valence-electron chi connectivity index (χ1n) is 10.8. The number of fused-ring (bicyclic) bond motifs is 1. The van der Waals surface area contributed by atoms with Gasteiger partial charge in [0.05, 0.1) is 7.11 Å². The maximum absolute atomic E-state index is 12.0. The van der Waals surface area contributed by atoms with Crippen molar-refractivity contribution in [2.75, 3.05) is 25.5 Å². The van der Waals surface area contributed by atoms with E-state index in [0.717, 1.165) is 49.4 Å². The molecule has 5 nitrogen and oxygen atoms in total. The van der Waals surface area contributed by atoms with Crippen LogP contribution in [0.3, 0.4) is 0 Å². The van der Waals surface area contributed by atoms with Crippen LogP contribution in [-0.4, -0.2) is 36.0 Å². The summed E-state index contributed by atoms with van der Waals surface area (Å²) in [6, 6.07) is 14.6. The van der Waals surface area contributed by atoms with Gasteiger partial charge in [-0.05, 0) is 67.2 Å². The first-order chi connectivity index (χ1) is 14.5. The maximum Gasteiger partial charge on any atom is 0.226 e. The number of ether oxygens (including phenoxy) is 1. The smallest absolute Gasteiger partial charge is 0.226 e. The number of likely N-dealkylation sites (tertiary alicyclic amines) is 1. The van der Waals surface area contributed by atoms with Gasteiger partial charge in [0.2, 0.25) is 5.91 Å². The second-order valence-electron chi connectivity index (χ2n) is 8.55. The Morgan fingerprint density at radius 3 is 2.73 bits per heavy atom. The van der Waals surface area contributed by atoms with Gasteiger partial charge in [0.25, 0.3) is 0 Å². The molecule has 0 saturated carbocycles. The summed E-state index contributed by atoms with van der Waals surface area (Å²) in [6.07, 6.45) is 4.40. The summed E-state index contributed by atoms with van der Waals surface area (Å²) in [6.45, 7) is 6.95. The van der Waals surface area contributed by atoms with Gasteiger partial charge >= 0.3 is 0 Å². The average molecular weight is 406 g/mol. The minimum absolute atomic E-state index is 0.0116. The molecule has 1 amide bonds. The Morgan fingerprint density at radius 1 is 1.20 bits per heavy atom. The van der Waals surface area contributed by atoms with Crippen molar-refractivity contribution in [2.24, 2.45) is 5.92 Å². The van der Waals surface area contributed by atoms with E-state index in [1.807, 2.05) is 26.0 Å². The Morgan fingerprint density at radius 2 is 2.00 bits per heavy atom. The zero-order valence-corrected chi connectivity index (χ0v) is 18.1. The van der Waals surface area contributed by atoms with Crippen LogP contribution in [0.25, 0.3) is 10.9 Å². The number of aromatic nitrogens is 1. The van der Waals surface area contributed by atoms with Crippen molar-refractivity contribution in [1.82, 2.24) is 9.88 Å². The molecule has 1 aliphatic rings. The average Bonchev–Trinajstić information content (AvgIpc) is 3.16. The second-order valence-corrected chi connectivity index (χ2v) is 8.55. The molecule has 0 unspecified atom stereocenters. The van der Waals surface area contributed by atoms with Gasteiger partial charge in [0.1, 0.15) is 5.75 Å². The van der Waals surface area contributed by atoms with Crippen LogP contribution < -0.4 is 10.1 Å².